The van der Waals surface area contributed by atoms with E-state index in [4.69, 9.17) is 4.42 Å². The van der Waals surface area contributed by atoms with Gasteiger partial charge in [-0.15, -0.1) is 0 Å². The van der Waals surface area contributed by atoms with E-state index in [1.54, 1.807) is 12.1 Å². The Kier molecular flexibility index (Phi) is 5.06. The van der Waals surface area contributed by atoms with E-state index in [9.17, 15) is 4.79 Å². The second kappa shape index (κ2) is 6.09. The van der Waals surface area contributed by atoms with E-state index >= 15 is 0 Å². The van der Waals surface area contributed by atoms with Gasteiger partial charge in [-0.25, -0.2) is 0 Å². The van der Waals surface area contributed by atoms with Gasteiger partial charge in [-0.3, -0.25) is 4.79 Å². The van der Waals surface area contributed by atoms with Crippen molar-refractivity contribution in [2.24, 2.45) is 5.92 Å². The summed E-state index contributed by atoms with van der Waals surface area (Å²) in [7, 11) is 0. The predicted molar refractivity (Wildman–Crippen MR) is 67.4 cm³/mol. The second-order valence-corrected chi connectivity index (χ2v) is 4.74. The van der Waals surface area contributed by atoms with Gasteiger partial charge in [0.2, 0.25) is 0 Å². The second-order valence-electron chi connectivity index (χ2n) is 3.96. The van der Waals surface area contributed by atoms with Crippen molar-refractivity contribution in [1.29, 1.82) is 0 Å². The fraction of sp³-hybridized carbons (Fsp3) is 0.583. The maximum absolute atomic E-state index is 12.1. The number of furan rings is 1. The largest absolute Gasteiger partial charge is 0.444 e. The number of carbonyl (C=O) groups is 1. The number of nitrogens with zero attached hydrogens (tertiary/aromatic N) is 1. The fourth-order valence-electron chi connectivity index (χ4n) is 1.45. The highest BCUT2D eigenvalue weighted by Gasteiger charge is 2.18. The van der Waals surface area contributed by atoms with Crippen molar-refractivity contribution in [3.8, 4) is 0 Å². The summed E-state index contributed by atoms with van der Waals surface area (Å²) < 4.78 is 5.86. The minimum absolute atomic E-state index is 0.0338. The van der Waals surface area contributed by atoms with Crippen LogP contribution in [0.5, 0.6) is 0 Å². The van der Waals surface area contributed by atoms with Crippen LogP contribution in [0.4, 0.5) is 0 Å². The summed E-state index contributed by atoms with van der Waals surface area (Å²) in [4.78, 5) is 13.9. The molecule has 0 saturated carbocycles. The van der Waals surface area contributed by atoms with Gasteiger partial charge in [0.1, 0.15) is 0 Å². The average Bonchev–Trinajstić information content (AvgIpc) is 2.71. The summed E-state index contributed by atoms with van der Waals surface area (Å²) in [6.45, 7) is 7.75. The third-order valence-corrected chi connectivity index (χ3v) is 3.11. The number of hydrogen-bond acceptors (Lipinski definition) is 2. The monoisotopic (exact) mass is 287 g/mol. The molecule has 0 aromatic carbocycles. The number of carbonyl (C=O) groups excluding carboxylic acids is 1. The zero-order chi connectivity index (χ0) is 12.1. The van der Waals surface area contributed by atoms with Crippen LogP contribution in [0.2, 0.25) is 0 Å². The van der Waals surface area contributed by atoms with E-state index in [0.717, 1.165) is 13.0 Å². The first-order valence-electron chi connectivity index (χ1n) is 5.63. The third kappa shape index (κ3) is 3.37. The van der Waals surface area contributed by atoms with Crippen molar-refractivity contribution in [3.63, 3.8) is 0 Å². The normalized spacial score (nSPS) is 12.5. The first-order valence-corrected chi connectivity index (χ1v) is 6.42. The van der Waals surface area contributed by atoms with Gasteiger partial charge >= 0.3 is 0 Å². The van der Waals surface area contributed by atoms with Crippen LogP contribution in [0.3, 0.4) is 0 Å². The Morgan fingerprint density at radius 3 is 2.62 bits per heavy atom. The molecule has 1 aromatic rings. The molecule has 0 aliphatic carbocycles. The van der Waals surface area contributed by atoms with Crippen LogP contribution < -0.4 is 0 Å². The van der Waals surface area contributed by atoms with E-state index in [2.05, 4.69) is 29.8 Å². The minimum Gasteiger partial charge on any atom is -0.444 e. The highest BCUT2D eigenvalue weighted by molar-refractivity contribution is 9.10. The van der Waals surface area contributed by atoms with Crippen LogP contribution in [-0.4, -0.2) is 23.9 Å². The lowest BCUT2D eigenvalue weighted by molar-refractivity contribution is 0.0707. The smallest absolute Gasteiger partial charge is 0.289 e. The molecule has 1 amide bonds. The standard InChI is InChI=1S/C12H18BrNO2/c1-4-9(3)8-14(5-2)12(15)10-6-7-11(13)16-10/h6-7,9H,4-5,8H2,1-3H3. The van der Waals surface area contributed by atoms with Gasteiger partial charge in [-0.1, -0.05) is 20.3 Å². The zero-order valence-corrected chi connectivity index (χ0v) is 11.6. The van der Waals surface area contributed by atoms with Crippen LogP contribution in [-0.2, 0) is 0 Å². The maximum Gasteiger partial charge on any atom is 0.289 e. The molecule has 0 N–H and O–H groups in total. The van der Waals surface area contributed by atoms with Crippen molar-refractivity contribution in [3.05, 3.63) is 22.6 Å². The first kappa shape index (κ1) is 13.3. The van der Waals surface area contributed by atoms with Crippen molar-refractivity contribution >= 4 is 21.8 Å². The Balaban J connectivity index is 2.69. The Morgan fingerprint density at radius 2 is 2.19 bits per heavy atom. The molecule has 0 bridgehead atoms. The number of rotatable bonds is 5. The highest BCUT2D eigenvalue weighted by Crippen LogP contribution is 2.16. The molecule has 1 aromatic heterocycles. The van der Waals surface area contributed by atoms with Gasteiger partial charge in [0.05, 0.1) is 0 Å². The van der Waals surface area contributed by atoms with E-state index in [1.165, 1.54) is 0 Å². The molecule has 1 unspecified atom stereocenters. The molecule has 3 nitrogen and oxygen atoms in total. The van der Waals surface area contributed by atoms with Crippen molar-refractivity contribution in [1.82, 2.24) is 4.90 Å². The number of halogens is 1. The van der Waals surface area contributed by atoms with Gasteiger partial charge in [-0.05, 0) is 40.9 Å². The van der Waals surface area contributed by atoms with Gasteiger partial charge < -0.3 is 9.32 Å². The van der Waals surface area contributed by atoms with Crippen molar-refractivity contribution in [2.45, 2.75) is 27.2 Å². The quantitative estimate of drug-likeness (QED) is 0.830. The maximum atomic E-state index is 12.1. The molecule has 16 heavy (non-hydrogen) atoms. The molecule has 0 spiro atoms. The molecule has 0 aliphatic heterocycles. The molecular weight excluding hydrogens is 270 g/mol. The van der Waals surface area contributed by atoms with Crippen LogP contribution >= 0.6 is 15.9 Å². The van der Waals surface area contributed by atoms with Gasteiger partial charge in [0, 0.05) is 13.1 Å². The molecule has 1 heterocycles. The zero-order valence-electron chi connectivity index (χ0n) is 10.00. The summed E-state index contributed by atoms with van der Waals surface area (Å²) >= 11 is 3.20. The Morgan fingerprint density at radius 1 is 1.50 bits per heavy atom. The Bertz CT molecular complexity index is 349. The molecule has 1 rings (SSSR count). The molecule has 0 saturated heterocycles. The highest BCUT2D eigenvalue weighted by atomic mass is 79.9. The predicted octanol–water partition coefficient (Wildman–Crippen LogP) is 3.55. The third-order valence-electron chi connectivity index (χ3n) is 2.68. The van der Waals surface area contributed by atoms with Crippen LogP contribution in [0.25, 0.3) is 0 Å². The first-order chi connectivity index (χ1) is 7.58. The molecular formula is C12H18BrNO2. The molecule has 0 radical (unpaired) electrons. The summed E-state index contributed by atoms with van der Waals surface area (Å²) in [5, 5.41) is 0. The fourth-order valence-corrected chi connectivity index (χ4v) is 1.75. The Labute approximate surface area is 105 Å². The van der Waals surface area contributed by atoms with E-state index in [0.29, 0.717) is 22.9 Å². The van der Waals surface area contributed by atoms with Gasteiger partial charge in [0.25, 0.3) is 5.91 Å². The van der Waals surface area contributed by atoms with Crippen LogP contribution in [0, 0.1) is 5.92 Å². The van der Waals surface area contributed by atoms with E-state index in [-0.39, 0.29) is 5.91 Å². The lowest BCUT2D eigenvalue weighted by Gasteiger charge is -2.22. The summed E-state index contributed by atoms with van der Waals surface area (Å²) in [5.74, 6) is 0.882. The lowest BCUT2D eigenvalue weighted by atomic mass is 10.1. The van der Waals surface area contributed by atoms with E-state index < -0.39 is 0 Å². The topological polar surface area (TPSA) is 33.5 Å². The molecule has 0 fully saturated rings. The summed E-state index contributed by atoms with van der Waals surface area (Å²) in [5.41, 5.74) is 0. The van der Waals surface area contributed by atoms with Gasteiger partial charge in [0.15, 0.2) is 10.4 Å². The van der Waals surface area contributed by atoms with Crippen molar-refractivity contribution < 1.29 is 9.21 Å². The van der Waals surface area contributed by atoms with Crippen molar-refractivity contribution in [2.75, 3.05) is 13.1 Å². The SMILES string of the molecule is CCC(C)CN(CC)C(=O)c1ccc(Br)o1. The van der Waals surface area contributed by atoms with Crippen LogP contribution in [0.1, 0.15) is 37.7 Å². The minimum atomic E-state index is -0.0338. The van der Waals surface area contributed by atoms with Gasteiger partial charge in [-0.2, -0.15) is 0 Å². The molecule has 0 aliphatic rings. The Hall–Kier alpha value is -0.770. The summed E-state index contributed by atoms with van der Waals surface area (Å²) in [6.07, 6.45) is 1.08. The molecule has 1 atom stereocenters. The number of hydrogen-bond donors (Lipinski definition) is 0. The molecule has 4 heteroatoms. The van der Waals surface area contributed by atoms with Crippen LogP contribution in [0.15, 0.2) is 21.2 Å². The number of amides is 1. The summed E-state index contributed by atoms with van der Waals surface area (Å²) in [6, 6.07) is 3.44. The van der Waals surface area contributed by atoms with E-state index in [1.807, 2.05) is 11.8 Å². The molecule has 90 valence electrons. The average molecular weight is 288 g/mol. The lowest BCUT2D eigenvalue weighted by Crippen LogP contribution is -2.34.